The number of benzene rings is 2. The van der Waals surface area contributed by atoms with E-state index in [4.69, 9.17) is 21.1 Å². The number of piperazine rings is 1. The first-order valence-corrected chi connectivity index (χ1v) is 10.3. The van der Waals surface area contributed by atoms with Gasteiger partial charge >= 0.3 is 0 Å². The van der Waals surface area contributed by atoms with Crippen molar-refractivity contribution >= 4 is 34.8 Å². The molecule has 2 amide bonds. The van der Waals surface area contributed by atoms with Gasteiger partial charge in [-0.15, -0.1) is 0 Å². The van der Waals surface area contributed by atoms with Gasteiger partial charge in [-0.2, -0.15) is 0 Å². The van der Waals surface area contributed by atoms with Crippen LogP contribution < -0.4 is 19.7 Å². The Balaban J connectivity index is 1.62. The third kappa shape index (κ3) is 5.57. The summed E-state index contributed by atoms with van der Waals surface area (Å²) in [5.74, 6) is 1.18. The van der Waals surface area contributed by atoms with Crippen molar-refractivity contribution in [2.75, 3.05) is 50.1 Å². The van der Waals surface area contributed by atoms with Crippen molar-refractivity contribution in [1.82, 2.24) is 4.90 Å². The molecule has 1 fully saturated rings. The monoisotopic (exact) mass is 431 g/mol. The van der Waals surface area contributed by atoms with Gasteiger partial charge in [0.1, 0.15) is 11.5 Å². The van der Waals surface area contributed by atoms with Gasteiger partial charge < -0.3 is 24.6 Å². The molecule has 0 aromatic heterocycles. The van der Waals surface area contributed by atoms with E-state index in [1.54, 1.807) is 43.5 Å². The van der Waals surface area contributed by atoms with Crippen LogP contribution in [-0.4, -0.2) is 56.6 Å². The average molecular weight is 432 g/mol. The normalized spacial score (nSPS) is 13.7. The van der Waals surface area contributed by atoms with E-state index >= 15 is 0 Å². The molecule has 0 spiro atoms. The lowest BCUT2D eigenvalue weighted by atomic mass is 10.2. The lowest BCUT2D eigenvalue weighted by molar-refractivity contribution is -0.131. The first kappa shape index (κ1) is 21.8. The number of rotatable bonds is 7. The molecule has 2 aromatic carbocycles. The number of hydrogen-bond donors (Lipinski definition) is 1. The first-order chi connectivity index (χ1) is 14.5. The second kappa shape index (κ2) is 10.2. The van der Waals surface area contributed by atoms with E-state index in [0.717, 1.165) is 11.4 Å². The Labute approximate surface area is 181 Å². The standard InChI is InChI=1S/C22H26ClN3O4/c1-3-22(28)26-12-10-25(11-13-26)20-9-4-16(23)14-19(20)24-21(27)15-30-18-7-5-17(29-2)6-8-18/h4-9,14H,3,10-13,15H2,1-2H3,(H,24,27). The summed E-state index contributed by atoms with van der Waals surface area (Å²) in [4.78, 5) is 28.4. The Morgan fingerprint density at radius 2 is 1.70 bits per heavy atom. The van der Waals surface area contributed by atoms with E-state index < -0.39 is 0 Å². The van der Waals surface area contributed by atoms with Crippen LogP contribution in [0.2, 0.25) is 5.02 Å². The summed E-state index contributed by atoms with van der Waals surface area (Å²) in [6, 6.07) is 12.4. The van der Waals surface area contributed by atoms with E-state index in [0.29, 0.717) is 49.1 Å². The molecule has 1 aliphatic rings. The minimum atomic E-state index is -0.283. The predicted octanol–water partition coefficient (Wildman–Crippen LogP) is 3.42. The predicted molar refractivity (Wildman–Crippen MR) is 118 cm³/mol. The van der Waals surface area contributed by atoms with Crippen molar-refractivity contribution < 1.29 is 19.1 Å². The summed E-state index contributed by atoms with van der Waals surface area (Å²) in [5, 5.41) is 3.42. The second-order valence-corrected chi connectivity index (χ2v) is 7.33. The number of nitrogens with one attached hydrogen (secondary N) is 1. The number of ether oxygens (including phenoxy) is 2. The van der Waals surface area contributed by atoms with Crippen LogP contribution in [-0.2, 0) is 9.59 Å². The maximum absolute atomic E-state index is 12.5. The van der Waals surface area contributed by atoms with Gasteiger partial charge in [-0.3, -0.25) is 9.59 Å². The van der Waals surface area contributed by atoms with Crippen molar-refractivity contribution in [1.29, 1.82) is 0 Å². The second-order valence-electron chi connectivity index (χ2n) is 6.90. The number of hydrogen-bond acceptors (Lipinski definition) is 5. The summed E-state index contributed by atoms with van der Waals surface area (Å²) in [6.45, 7) is 4.44. The summed E-state index contributed by atoms with van der Waals surface area (Å²) in [6.07, 6.45) is 0.510. The number of methoxy groups -OCH3 is 1. The molecule has 0 unspecified atom stereocenters. The molecule has 0 saturated carbocycles. The van der Waals surface area contributed by atoms with Gasteiger partial charge in [0.05, 0.1) is 18.5 Å². The maximum atomic E-state index is 12.5. The van der Waals surface area contributed by atoms with Crippen LogP contribution in [0, 0.1) is 0 Å². The summed E-state index contributed by atoms with van der Waals surface area (Å²) >= 11 is 6.16. The molecule has 0 atom stereocenters. The minimum absolute atomic E-state index is 0.128. The topological polar surface area (TPSA) is 71.1 Å². The fourth-order valence-electron chi connectivity index (χ4n) is 3.31. The van der Waals surface area contributed by atoms with Crippen molar-refractivity contribution in [2.24, 2.45) is 0 Å². The number of amides is 2. The van der Waals surface area contributed by atoms with Gasteiger partial charge in [0.25, 0.3) is 5.91 Å². The maximum Gasteiger partial charge on any atom is 0.262 e. The first-order valence-electron chi connectivity index (χ1n) is 9.89. The Hall–Kier alpha value is -2.93. The zero-order chi connectivity index (χ0) is 21.5. The lowest BCUT2D eigenvalue weighted by Gasteiger charge is -2.37. The minimum Gasteiger partial charge on any atom is -0.497 e. The molecule has 7 nitrogen and oxygen atoms in total. The van der Waals surface area contributed by atoms with Crippen molar-refractivity contribution in [3.8, 4) is 11.5 Å². The third-order valence-electron chi connectivity index (χ3n) is 4.94. The van der Waals surface area contributed by atoms with Crippen LogP contribution in [0.5, 0.6) is 11.5 Å². The number of nitrogens with zero attached hydrogens (tertiary/aromatic N) is 2. The van der Waals surface area contributed by atoms with Crippen LogP contribution in [0.15, 0.2) is 42.5 Å². The van der Waals surface area contributed by atoms with Crippen LogP contribution in [0.3, 0.4) is 0 Å². The molecule has 0 radical (unpaired) electrons. The smallest absolute Gasteiger partial charge is 0.262 e. The van der Waals surface area contributed by atoms with E-state index in [1.807, 2.05) is 17.9 Å². The van der Waals surface area contributed by atoms with Crippen LogP contribution in [0.4, 0.5) is 11.4 Å². The largest absolute Gasteiger partial charge is 0.497 e. The molecule has 2 aromatic rings. The van der Waals surface area contributed by atoms with Gasteiger partial charge in [0, 0.05) is 37.6 Å². The van der Waals surface area contributed by atoms with Crippen molar-refractivity contribution in [3.63, 3.8) is 0 Å². The highest BCUT2D eigenvalue weighted by Gasteiger charge is 2.22. The molecule has 1 N–H and O–H groups in total. The quantitative estimate of drug-likeness (QED) is 0.727. The van der Waals surface area contributed by atoms with Crippen molar-refractivity contribution in [3.05, 3.63) is 47.5 Å². The Kier molecular flexibility index (Phi) is 7.41. The number of carbonyl (C=O) groups excluding carboxylic acids is 2. The number of carbonyl (C=O) groups is 2. The van der Waals surface area contributed by atoms with Crippen LogP contribution in [0.1, 0.15) is 13.3 Å². The highest BCUT2D eigenvalue weighted by Crippen LogP contribution is 2.30. The zero-order valence-corrected chi connectivity index (χ0v) is 17.9. The Morgan fingerprint density at radius 1 is 1.03 bits per heavy atom. The summed E-state index contributed by atoms with van der Waals surface area (Å²) in [5.41, 5.74) is 1.50. The number of halogens is 1. The zero-order valence-electron chi connectivity index (χ0n) is 17.2. The molecule has 1 saturated heterocycles. The molecule has 0 bridgehead atoms. The fraction of sp³-hybridized carbons (Fsp3) is 0.364. The van der Waals surface area contributed by atoms with E-state index in [2.05, 4.69) is 10.2 Å². The van der Waals surface area contributed by atoms with E-state index in [1.165, 1.54) is 0 Å². The fourth-order valence-corrected chi connectivity index (χ4v) is 3.48. The SMILES string of the molecule is CCC(=O)N1CCN(c2ccc(Cl)cc2NC(=O)COc2ccc(OC)cc2)CC1. The van der Waals surface area contributed by atoms with E-state index in [-0.39, 0.29) is 18.4 Å². The van der Waals surface area contributed by atoms with Crippen molar-refractivity contribution in [2.45, 2.75) is 13.3 Å². The Bertz CT molecular complexity index is 880. The Morgan fingerprint density at radius 3 is 2.33 bits per heavy atom. The van der Waals surface area contributed by atoms with Crippen LogP contribution >= 0.6 is 11.6 Å². The molecule has 0 aliphatic carbocycles. The molecular formula is C22H26ClN3O4. The van der Waals surface area contributed by atoms with Gasteiger partial charge in [-0.25, -0.2) is 0 Å². The van der Waals surface area contributed by atoms with E-state index in [9.17, 15) is 9.59 Å². The highest BCUT2D eigenvalue weighted by molar-refractivity contribution is 6.31. The summed E-state index contributed by atoms with van der Waals surface area (Å²) < 4.78 is 10.7. The molecule has 30 heavy (non-hydrogen) atoms. The molecule has 3 rings (SSSR count). The van der Waals surface area contributed by atoms with Gasteiger partial charge in [-0.05, 0) is 42.5 Å². The van der Waals surface area contributed by atoms with Gasteiger partial charge in [0.2, 0.25) is 5.91 Å². The van der Waals surface area contributed by atoms with Gasteiger partial charge in [-0.1, -0.05) is 18.5 Å². The summed E-state index contributed by atoms with van der Waals surface area (Å²) in [7, 11) is 1.59. The molecule has 160 valence electrons. The lowest BCUT2D eigenvalue weighted by Crippen LogP contribution is -2.48. The molecule has 1 heterocycles. The molecular weight excluding hydrogens is 406 g/mol. The molecule has 1 aliphatic heterocycles. The number of anilines is 2. The average Bonchev–Trinajstić information content (AvgIpc) is 2.78. The van der Waals surface area contributed by atoms with Gasteiger partial charge in [0.15, 0.2) is 6.61 Å². The third-order valence-corrected chi connectivity index (χ3v) is 5.17. The molecule has 8 heteroatoms. The van der Waals surface area contributed by atoms with Crippen LogP contribution in [0.25, 0.3) is 0 Å². The highest BCUT2D eigenvalue weighted by atomic mass is 35.5.